The molecule has 0 aromatic rings. The largest absolute Gasteiger partial charge is 0.458 e. The monoisotopic (exact) mass is 315 g/mol. The topological polar surface area (TPSA) is 96.5 Å². The summed E-state index contributed by atoms with van der Waals surface area (Å²) in [4.78, 5) is 36.1. The van der Waals surface area contributed by atoms with Crippen molar-refractivity contribution in [3.63, 3.8) is 0 Å². The molecule has 2 amide bonds. The first-order chi connectivity index (χ1) is 9.71. The first kappa shape index (κ1) is 20.4. The van der Waals surface area contributed by atoms with Crippen LogP contribution in [0.2, 0.25) is 0 Å². The van der Waals surface area contributed by atoms with Crippen molar-refractivity contribution < 1.29 is 19.1 Å². The number of carbonyl (C=O) groups is 3. The molecule has 0 aromatic carbocycles. The molecular formula is C15H29N3O4. The molecule has 0 saturated heterocycles. The predicted molar refractivity (Wildman–Crippen MR) is 84.2 cm³/mol. The van der Waals surface area contributed by atoms with Gasteiger partial charge in [-0.1, -0.05) is 0 Å². The molecule has 0 radical (unpaired) electrons. The third-order valence-electron chi connectivity index (χ3n) is 2.69. The molecule has 0 aliphatic carbocycles. The molecule has 7 nitrogen and oxygen atoms in total. The number of likely N-dealkylation sites (N-methyl/N-ethyl adjacent to an activating group) is 1. The van der Waals surface area contributed by atoms with Crippen molar-refractivity contribution in [2.24, 2.45) is 0 Å². The van der Waals surface area contributed by atoms with Crippen LogP contribution in [0.4, 0.5) is 0 Å². The summed E-state index contributed by atoms with van der Waals surface area (Å²) in [7, 11) is 1.64. The molecule has 0 fully saturated rings. The third-order valence-corrected chi connectivity index (χ3v) is 2.69. The number of ether oxygens (including phenoxy) is 1. The van der Waals surface area contributed by atoms with Crippen LogP contribution in [0.25, 0.3) is 0 Å². The van der Waals surface area contributed by atoms with Crippen molar-refractivity contribution in [3.8, 4) is 0 Å². The highest BCUT2D eigenvalue weighted by atomic mass is 16.6. The van der Waals surface area contributed by atoms with Gasteiger partial charge in [0.1, 0.15) is 16.7 Å². The highest BCUT2D eigenvalue weighted by molar-refractivity contribution is 5.94. The smallest absolute Gasteiger partial charge is 0.331 e. The SMILES string of the molecule is CNCC(=O)NC(C)(C)C(=O)NC(C)(C)C(=O)OC(C)(C)C. The molecule has 0 spiro atoms. The maximum atomic E-state index is 12.3. The summed E-state index contributed by atoms with van der Waals surface area (Å²) >= 11 is 0. The fourth-order valence-corrected chi connectivity index (χ4v) is 1.51. The zero-order valence-electron chi connectivity index (χ0n) is 14.8. The summed E-state index contributed by atoms with van der Waals surface area (Å²) in [5, 5.41) is 7.92. The molecule has 0 atom stereocenters. The fraction of sp³-hybridized carbons (Fsp3) is 0.800. The van der Waals surface area contributed by atoms with E-state index in [-0.39, 0.29) is 12.5 Å². The summed E-state index contributed by atoms with van der Waals surface area (Å²) < 4.78 is 5.28. The number of nitrogens with one attached hydrogen (secondary N) is 3. The van der Waals surface area contributed by atoms with E-state index in [1.165, 1.54) is 0 Å². The standard InChI is InChI=1S/C15H29N3O4/c1-13(2,3)22-12(21)15(6,7)18-11(20)14(4,5)17-10(19)9-16-8/h16H,9H2,1-8H3,(H,17,19)(H,18,20). The molecule has 0 saturated carbocycles. The Kier molecular flexibility index (Phi) is 6.56. The third kappa shape index (κ3) is 6.89. The van der Waals surface area contributed by atoms with E-state index in [0.717, 1.165) is 0 Å². The molecule has 0 bridgehead atoms. The second kappa shape index (κ2) is 7.09. The van der Waals surface area contributed by atoms with Gasteiger partial charge in [-0.15, -0.1) is 0 Å². The average Bonchev–Trinajstić information content (AvgIpc) is 2.25. The normalized spacial score (nSPS) is 12.5. The van der Waals surface area contributed by atoms with Crippen LogP contribution in [0.15, 0.2) is 0 Å². The summed E-state index contributed by atoms with van der Waals surface area (Å²) in [5.41, 5.74) is -2.99. The van der Waals surface area contributed by atoms with Gasteiger partial charge in [0.2, 0.25) is 11.8 Å². The quantitative estimate of drug-likeness (QED) is 0.614. The fourth-order valence-electron chi connectivity index (χ4n) is 1.51. The van der Waals surface area contributed by atoms with Crippen molar-refractivity contribution in [1.29, 1.82) is 0 Å². The van der Waals surface area contributed by atoms with Gasteiger partial charge in [0.25, 0.3) is 0 Å². The Bertz CT molecular complexity index is 437. The average molecular weight is 315 g/mol. The van der Waals surface area contributed by atoms with E-state index < -0.39 is 28.6 Å². The summed E-state index contributed by atoms with van der Waals surface area (Å²) in [6, 6.07) is 0. The lowest BCUT2D eigenvalue weighted by Gasteiger charge is -2.33. The van der Waals surface area contributed by atoms with Crippen molar-refractivity contribution in [3.05, 3.63) is 0 Å². The van der Waals surface area contributed by atoms with E-state index in [1.54, 1.807) is 55.5 Å². The number of carbonyl (C=O) groups excluding carboxylic acids is 3. The van der Waals surface area contributed by atoms with Crippen LogP contribution in [-0.2, 0) is 19.1 Å². The highest BCUT2D eigenvalue weighted by Gasteiger charge is 2.38. The van der Waals surface area contributed by atoms with Gasteiger partial charge < -0.3 is 20.7 Å². The van der Waals surface area contributed by atoms with Gasteiger partial charge in [0, 0.05) is 0 Å². The van der Waals surface area contributed by atoms with E-state index in [0.29, 0.717) is 0 Å². The van der Waals surface area contributed by atoms with Crippen LogP contribution in [0.3, 0.4) is 0 Å². The number of esters is 1. The van der Waals surface area contributed by atoms with E-state index in [1.807, 2.05) is 0 Å². The number of hydrogen-bond donors (Lipinski definition) is 3. The summed E-state index contributed by atoms with van der Waals surface area (Å²) in [6.45, 7) is 11.6. The molecule has 128 valence electrons. The molecule has 0 aliphatic heterocycles. The molecule has 0 aromatic heterocycles. The van der Waals surface area contributed by atoms with Gasteiger partial charge in [0.05, 0.1) is 6.54 Å². The lowest BCUT2D eigenvalue weighted by atomic mass is 9.99. The maximum Gasteiger partial charge on any atom is 0.331 e. The van der Waals surface area contributed by atoms with Crippen LogP contribution in [-0.4, -0.2) is 48.1 Å². The lowest BCUT2D eigenvalue weighted by Crippen LogP contribution is -2.62. The molecule has 22 heavy (non-hydrogen) atoms. The van der Waals surface area contributed by atoms with Crippen LogP contribution in [0, 0.1) is 0 Å². The highest BCUT2D eigenvalue weighted by Crippen LogP contribution is 2.15. The van der Waals surface area contributed by atoms with E-state index >= 15 is 0 Å². The van der Waals surface area contributed by atoms with Crippen molar-refractivity contribution in [1.82, 2.24) is 16.0 Å². The van der Waals surface area contributed by atoms with Crippen LogP contribution in [0.1, 0.15) is 48.5 Å². The second-order valence-electron chi connectivity index (χ2n) is 7.28. The summed E-state index contributed by atoms with van der Waals surface area (Å²) in [6.07, 6.45) is 0. The number of rotatable bonds is 6. The Balaban J connectivity index is 4.87. The molecule has 0 heterocycles. The molecule has 0 aliphatic rings. The van der Waals surface area contributed by atoms with Crippen LogP contribution >= 0.6 is 0 Å². The zero-order valence-corrected chi connectivity index (χ0v) is 14.8. The Labute approximate surface area is 132 Å². The Hall–Kier alpha value is -1.63. The van der Waals surface area contributed by atoms with Crippen molar-refractivity contribution >= 4 is 17.8 Å². The first-order valence-electron chi connectivity index (χ1n) is 7.23. The van der Waals surface area contributed by atoms with Crippen molar-refractivity contribution in [2.45, 2.75) is 65.1 Å². The predicted octanol–water partition coefficient (Wildman–Crippen LogP) is 0.337. The van der Waals surface area contributed by atoms with Gasteiger partial charge in [-0.2, -0.15) is 0 Å². The zero-order chi connectivity index (χ0) is 17.8. The maximum absolute atomic E-state index is 12.3. The van der Waals surface area contributed by atoms with Gasteiger partial charge in [-0.25, -0.2) is 4.79 Å². The Morgan fingerprint density at radius 3 is 1.77 bits per heavy atom. The second-order valence-corrected chi connectivity index (χ2v) is 7.28. The van der Waals surface area contributed by atoms with Gasteiger partial charge in [-0.05, 0) is 55.5 Å². The minimum absolute atomic E-state index is 0.103. The number of hydrogen-bond acceptors (Lipinski definition) is 5. The van der Waals surface area contributed by atoms with Gasteiger partial charge >= 0.3 is 5.97 Å². The molecule has 0 rings (SSSR count). The van der Waals surface area contributed by atoms with Gasteiger partial charge in [-0.3, -0.25) is 9.59 Å². The van der Waals surface area contributed by atoms with E-state index in [4.69, 9.17) is 4.74 Å². The Morgan fingerprint density at radius 2 is 1.36 bits per heavy atom. The van der Waals surface area contributed by atoms with Crippen molar-refractivity contribution in [2.75, 3.05) is 13.6 Å². The summed E-state index contributed by atoms with van der Waals surface area (Å²) in [5.74, 6) is -1.31. The lowest BCUT2D eigenvalue weighted by molar-refractivity contribution is -0.163. The van der Waals surface area contributed by atoms with Crippen LogP contribution in [0.5, 0.6) is 0 Å². The minimum atomic E-state index is -1.20. The van der Waals surface area contributed by atoms with E-state index in [2.05, 4.69) is 16.0 Å². The number of amides is 2. The first-order valence-corrected chi connectivity index (χ1v) is 7.23. The molecule has 0 unspecified atom stereocenters. The molecule has 7 heteroatoms. The Morgan fingerprint density at radius 1 is 0.864 bits per heavy atom. The van der Waals surface area contributed by atoms with Crippen LogP contribution < -0.4 is 16.0 Å². The van der Waals surface area contributed by atoms with E-state index in [9.17, 15) is 14.4 Å². The minimum Gasteiger partial charge on any atom is -0.458 e. The van der Waals surface area contributed by atoms with Gasteiger partial charge in [0.15, 0.2) is 0 Å². The molecular weight excluding hydrogens is 286 g/mol. The molecule has 3 N–H and O–H groups in total.